The van der Waals surface area contributed by atoms with Gasteiger partial charge in [-0.3, -0.25) is 9.59 Å². The zero-order valence-corrected chi connectivity index (χ0v) is 14.6. The molecule has 4 heteroatoms. The molecule has 0 N–H and O–H groups in total. The van der Waals surface area contributed by atoms with Gasteiger partial charge in [0.2, 0.25) is 5.91 Å². The lowest BCUT2D eigenvalue weighted by Crippen LogP contribution is -2.46. The molecular weight excluding hydrogens is 314 g/mol. The Morgan fingerprint density at radius 2 is 2.00 bits per heavy atom. The average molecular weight is 339 g/mol. The number of nitrogens with zero attached hydrogens (tertiary/aromatic N) is 1. The van der Waals surface area contributed by atoms with Gasteiger partial charge in [0, 0.05) is 37.1 Å². The van der Waals surface area contributed by atoms with Crippen LogP contribution in [0.15, 0.2) is 35.9 Å². The first-order valence-electron chi connectivity index (χ1n) is 9.33. The number of ketones is 1. The maximum atomic E-state index is 12.9. The van der Waals surface area contributed by atoms with E-state index < -0.39 is 0 Å². The molecule has 3 aliphatic rings. The Kier molecular flexibility index (Phi) is 4.46. The van der Waals surface area contributed by atoms with Crippen molar-refractivity contribution in [2.75, 3.05) is 26.3 Å². The number of benzene rings is 1. The lowest BCUT2D eigenvalue weighted by Gasteiger charge is -2.39. The Morgan fingerprint density at radius 3 is 2.76 bits per heavy atom. The Hall–Kier alpha value is -1.94. The number of rotatable bonds is 3. The zero-order valence-electron chi connectivity index (χ0n) is 14.6. The SMILES string of the molecule is O=C1CCC(c2ccccc2)=C1CC(=O)N1CCC[C@@]2(CCOC2)C1. The number of likely N-dealkylation sites (tertiary alicyclic amines) is 1. The van der Waals surface area contributed by atoms with Crippen LogP contribution in [-0.2, 0) is 14.3 Å². The molecule has 2 aliphatic heterocycles. The third-order valence-electron chi connectivity index (χ3n) is 5.95. The Labute approximate surface area is 148 Å². The van der Waals surface area contributed by atoms with Crippen molar-refractivity contribution in [2.24, 2.45) is 5.41 Å². The van der Waals surface area contributed by atoms with Crippen LogP contribution in [0.2, 0.25) is 0 Å². The van der Waals surface area contributed by atoms with Gasteiger partial charge >= 0.3 is 0 Å². The first kappa shape index (κ1) is 16.5. The lowest BCUT2D eigenvalue weighted by molar-refractivity contribution is -0.134. The highest BCUT2D eigenvalue weighted by Gasteiger charge is 2.40. The van der Waals surface area contributed by atoms with E-state index >= 15 is 0 Å². The topological polar surface area (TPSA) is 46.6 Å². The summed E-state index contributed by atoms with van der Waals surface area (Å²) in [7, 11) is 0. The summed E-state index contributed by atoms with van der Waals surface area (Å²) in [6.07, 6.45) is 4.77. The van der Waals surface area contributed by atoms with Crippen LogP contribution in [0.4, 0.5) is 0 Å². The molecule has 1 amide bonds. The summed E-state index contributed by atoms with van der Waals surface area (Å²) < 4.78 is 5.59. The summed E-state index contributed by atoms with van der Waals surface area (Å²) in [4.78, 5) is 27.3. The molecule has 0 radical (unpaired) electrons. The largest absolute Gasteiger partial charge is 0.381 e. The van der Waals surface area contributed by atoms with Crippen molar-refractivity contribution in [1.82, 2.24) is 4.90 Å². The predicted octanol–water partition coefficient (Wildman–Crippen LogP) is 3.22. The van der Waals surface area contributed by atoms with E-state index in [4.69, 9.17) is 4.74 Å². The molecule has 1 aromatic rings. The van der Waals surface area contributed by atoms with Crippen LogP contribution in [0.3, 0.4) is 0 Å². The fraction of sp³-hybridized carbons (Fsp3) is 0.524. The summed E-state index contributed by atoms with van der Waals surface area (Å²) in [5.74, 6) is 0.243. The maximum Gasteiger partial charge on any atom is 0.227 e. The molecule has 132 valence electrons. The smallest absolute Gasteiger partial charge is 0.227 e. The van der Waals surface area contributed by atoms with Crippen LogP contribution in [-0.4, -0.2) is 42.9 Å². The highest BCUT2D eigenvalue weighted by Crippen LogP contribution is 2.39. The van der Waals surface area contributed by atoms with Crippen molar-refractivity contribution in [1.29, 1.82) is 0 Å². The number of amides is 1. The number of Topliss-reactive ketones (excluding diaryl/α,β-unsaturated/α-hetero) is 1. The Balaban J connectivity index is 1.52. The third-order valence-corrected chi connectivity index (χ3v) is 5.95. The Morgan fingerprint density at radius 1 is 1.16 bits per heavy atom. The quantitative estimate of drug-likeness (QED) is 0.849. The summed E-state index contributed by atoms with van der Waals surface area (Å²) in [6.45, 7) is 3.17. The van der Waals surface area contributed by atoms with Crippen LogP contribution in [0, 0.1) is 5.41 Å². The molecule has 0 unspecified atom stereocenters. The number of carbonyl (C=O) groups excluding carboxylic acids is 2. The van der Waals surface area contributed by atoms with E-state index in [1.165, 1.54) is 0 Å². The van der Waals surface area contributed by atoms with Gasteiger partial charge in [-0.05, 0) is 36.8 Å². The number of ether oxygens (including phenoxy) is 1. The predicted molar refractivity (Wildman–Crippen MR) is 95.9 cm³/mol. The number of hydrogen-bond donors (Lipinski definition) is 0. The summed E-state index contributed by atoms with van der Waals surface area (Å²) >= 11 is 0. The van der Waals surface area contributed by atoms with Crippen LogP contribution in [0.5, 0.6) is 0 Å². The molecule has 1 aliphatic carbocycles. The number of hydrogen-bond acceptors (Lipinski definition) is 3. The molecule has 4 rings (SSSR count). The van der Waals surface area contributed by atoms with Crippen molar-refractivity contribution in [3.63, 3.8) is 0 Å². The van der Waals surface area contributed by atoms with Gasteiger partial charge < -0.3 is 9.64 Å². The summed E-state index contributed by atoms with van der Waals surface area (Å²) in [5.41, 5.74) is 3.04. The van der Waals surface area contributed by atoms with Crippen LogP contribution in [0.1, 0.15) is 44.1 Å². The molecular formula is C21H25NO3. The highest BCUT2D eigenvalue weighted by atomic mass is 16.5. The molecule has 2 fully saturated rings. The fourth-order valence-corrected chi connectivity index (χ4v) is 4.53. The third kappa shape index (κ3) is 3.28. The molecule has 1 aromatic carbocycles. The van der Waals surface area contributed by atoms with Gasteiger partial charge in [-0.1, -0.05) is 30.3 Å². The van der Waals surface area contributed by atoms with E-state index in [-0.39, 0.29) is 23.5 Å². The molecule has 2 heterocycles. The van der Waals surface area contributed by atoms with Gasteiger partial charge in [0.05, 0.1) is 13.0 Å². The van der Waals surface area contributed by atoms with E-state index in [0.717, 1.165) is 68.7 Å². The van der Waals surface area contributed by atoms with E-state index in [9.17, 15) is 9.59 Å². The molecule has 0 aromatic heterocycles. The van der Waals surface area contributed by atoms with Gasteiger partial charge in [-0.25, -0.2) is 0 Å². The summed E-state index contributed by atoms with van der Waals surface area (Å²) in [6, 6.07) is 10.0. The fourth-order valence-electron chi connectivity index (χ4n) is 4.53. The minimum Gasteiger partial charge on any atom is -0.381 e. The van der Waals surface area contributed by atoms with Crippen molar-refractivity contribution in [2.45, 2.75) is 38.5 Å². The highest BCUT2D eigenvalue weighted by molar-refractivity contribution is 6.10. The lowest BCUT2D eigenvalue weighted by atomic mass is 9.79. The number of carbonyl (C=O) groups is 2. The van der Waals surface area contributed by atoms with Gasteiger partial charge in [-0.2, -0.15) is 0 Å². The number of allylic oxidation sites excluding steroid dienone is 1. The Bertz CT molecular complexity index is 701. The first-order valence-corrected chi connectivity index (χ1v) is 9.33. The standard InChI is InChI=1S/C21H25NO3/c23-19-8-7-17(16-5-2-1-3-6-16)18(19)13-20(24)22-11-4-9-21(14-22)10-12-25-15-21/h1-3,5-6H,4,7-15H2/t21-/m1/s1. The van der Waals surface area contributed by atoms with Crippen molar-refractivity contribution in [3.05, 3.63) is 41.5 Å². The second-order valence-corrected chi connectivity index (χ2v) is 7.64. The van der Waals surface area contributed by atoms with Crippen LogP contribution >= 0.6 is 0 Å². The van der Waals surface area contributed by atoms with Gasteiger partial charge in [0.15, 0.2) is 5.78 Å². The molecule has 1 spiro atoms. The van der Waals surface area contributed by atoms with E-state index in [1.807, 2.05) is 35.2 Å². The minimum absolute atomic E-state index is 0.102. The van der Waals surface area contributed by atoms with Gasteiger partial charge in [-0.15, -0.1) is 0 Å². The number of piperidine rings is 1. The second-order valence-electron chi connectivity index (χ2n) is 7.64. The molecule has 2 saturated heterocycles. The van der Waals surface area contributed by atoms with E-state index in [2.05, 4.69) is 0 Å². The molecule has 4 nitrogen and oxygen atoms in total. The molecule has 0 bridgehead atoms. The van der Waals surface area contributed by atoms with Gasteiger partial charge in [0.25, 0.3) is 0 Å². The molecule has 1 atom stereocenters. The van der Waals surface area contributed by atoms with E-state index in [1.54, 1.807) is 0 Å². The van der Waals surface area contributed by atoms with Crippen molar-refractivity contribution >= 4 is 17.3 Å². The normalized spacial score (nSPS) is 26.7. The van der Waals surface area contributed by atoms with Crippen molar-refractivity contribution in [3.8, 4) is 0 Å². The monoisotopic (exact) mass is 339 g/mol. The van der Waals surface area contributed by atoms with Crippen molar-refractivity contribution < 1.29 is 14.3 Å². The minimum atomic E-state index is 0.102. The first-order chi connectivity index (χ1) is 12.2. The molecule has 0 saturated carbocycles. The van der Waals surface area contributed by atoms with E-state index in [0.29, 0.717) is 6.42 Å². The average Bonchev–Trinajstić information content (AvgIpc) is 3.23. The van der Waals surface area contributed by atoms with Gasteiger partial charge in [0.1, 0.15) is 0 Å². The maximum absolute atomic E-state index is 12.9. The summed E-state index contributed by atoms with van der Waals surface area (Å²) in [5, 5.41) is 0. The van der Waals surface area contributed by atoms with Crippen LogP contribution < -0.4 is 0 Å². The van der Waals surface area contributed by atoms with Crippen LogP contribution in [0.25, 0.3) is 5.57 Å². The molecule has 25 heavy (non-hydrogen) atoms. The second kappa shape index (κ2) is 6.75. The zero-order chi connectivity index (χ0) is 17.3.